The Labute approximate surface area is 212 Å². The molecule has 1 unspecified atom stereocenters. The second-order valence-electron chi connectivity index (χ2n) is 9.17. The van der Waals surface area contributed by atoms with Crippen LogP contribution in [0.25, 0.3) is 16.8 Å². The number of hydrogen-bond donors (Lipinski definition) is 2. The van der Waals surface area contributed by atoms with Crippen LogP contribution < -0.4 is 5.32 Å². The summed E-state index contributed by atoms with van der Waals surface area (Å²) in [6.45, 7) is 3.38. The maximum absolute atomic E-state index is 13.5. The molecule has 5 rings (SSSR count). The van der Waals surface area contributed by atoms with Crippen molar-refractivity contribution in [3.63, 3.8) is 0 Å². The molecule has 0 bridgehead atoms. The third-order valence-electron chi connectivity index (χ3n) is 6.70. The summed E-state index contributed by atoms with van der Waals surface area (Å²) in [4.78, 5) is 24.1. The Morgan fingerprint density at radius 2 is 1.70 bits per heavy atom. The largest absolute Gasteiger partial charge is 0.481 e. The first kappa shape index (κ1) is 24.2. The van der Waals surface area contributed by atoms with Crippen LogP contribution in [0.3, 0.4) is 0 Å². The van der Waals surface area contributed by atoms with Gasteiger partial charge >= 0.3 is 12.1 Å². The van der Waals surface area contributed by atoms with Gasteiger partial charge in [0.25, 0.3) is 0 Å². The molecular weight excluding hydrogens is 475 g/mol. The fourth-order valence-corrected chi connectivity index (χ4v) is 4.32. The van der Waals surface area contributed by atoms with Crippen molar-refractivity contribution >= 4 is 17.9 Å². The van der Waals surface area contributed by atoms with Gasteiger partial charge in [-0.2, -0.15) is 4.68 Å². The summed E-state index contributed by atoms with van der Waals surface area (Å²) in [7, 11) is 0. The minimum Gasteiger partial charge on any atom is -0.481 e. The van der Waals surface area contributed by atoms with Crippen LogP contribution in [-0.4, -0.2) is 32.2 Å². The molecule has 0 aliphatic heterocycles. The number of anilines is 1. The second-order valence-corrected chi connectivity index (χ2v) is 9.17. The van der Waals surface area contributed by atoms with Crippen LogP contribution >= 0.6 is 0 Å². The van der Waals surface area contributed by atoms with Gasteiger partial charge in [0.2, 0.25) is 0 Å². The van der Waals surface area contributed by atoms with E-state index in [0.717, 1.165) is 16.7 Å². The van der Waals surface area contributed by atoms with E-state index in [0.29, 0.717) is 35.6 Å². The number of carboxylic acids is 1. The van der Waals surface area contributed by atoms with Crippen LogP contribution in [0.5, 0.6) is 0 Å². The lowest BCUT2D eigenvalue weighted by Gasteiger charge is -2.15. The van der Waals surface area contributed by atoms with E-state index in [9.17, 15) is 19.1 Å². The summed E-state index contributed by atoms with van der Waals surface area (Å²) in [6.07, 6.45) is -0.0333. The molecule has 1 atom stereocenters. The van der Waals surface area contributed by atoms with Gasteiger partial charge in [-0.05, 0) is 73.2 Å². The average molecular weight is 501 g/mol. The second kappa shape index (κ2) is 9.50. The number of aliphatic carboxylic acids is 1. The molecule has 0 saturated heterocycles. The van der Waals surface area contributed by atoms with Gasteiger partial charge in [0.05, 0.1) is 11.1 Å². The smallest absolute Gasteiger partial charge is 0.413 e. The van der Waals surface area contributed by atoms with E-state index in [-0.39, 0.29) is 0 Å². The molecule has 188 valence electrons. The van der Waals surface area contributed by atoms with E-state index in [4.69, 9.17) is 4.74 Å². The quantitative estimate of drug-likeness (QED) is 0.332. The number of aromatic nitrogens is 3. The highest BCUT2D eigenvalue weighted by Gasteiger charge is 2.51. The maximum Gasteiger partial charge on any atom is 0.413 e. The van der Waals surface area contributed by atoms with Crippen molar-refractivity contribution in [1.29, 1.82) is 0 Å². The molecule has 8 nitrogen and oxygen atoms in total. The number of nitrogens with one attached hydrogen (secondary N) is 1. The Morgan fingerprint density at radius 1 is 1.05 bits per heavy atom. The van der Waals surface area contributed by atoms with E-state index < -0.39 is 29.4 Å². The van der Waals surface area contributed by atoms with Crippen LogP contribution in [0.1, 0.15) is 42.7 Å². The van der Waals surface area contributed by atoms with Gasteiger partial charge in [0.1, 0.15) is 17.6 Å². The van der Waals surface area contributed by atoms with Crippen LogP contribution in [0.2, 0.25) is 0 Å². The number of rotatable bonds is 7. The van der Waals surface area contributed by atoms with E-state index in [1.54, 1.807) is 26.0 Å². The van der Waals surface area contributed by atoms with Gasteiger partial charge in [-0.25, -0.2) is 9.18 Å². The van der Waals surface area contributed by atoms with Crippen molar-refractivity contribution in [1.82, 2.24) is 15.0 Å². The summed E-state index contributed by atoms with van der Waals surface area (Å²) in [5.41, 5.74) is 3.72. The molecule has 0 spiro atoms. The number of hydrogen-bond acceptors (Lipinski definition) is 5. The maximum atomic E-state index is 13.5. The van der Waals surface area contributed by atoms with Crippen LogP contribution in [0, 0.1) is 12.7 Å². The predicted octanol–water partition coefficient (Wildman–Crippen LogP) is 5.81. The van der Waals surface area contributed by atoms with Crippen molar-refractivity contribution in [3.8, 4) is 16.8 Å². The highest BCUT2D eigenvalue weighted by molar-refractivity contribution is 5.85. The molecule has 2 N–H and O–H groups in total. The molecule has 1 saturated carbocycles. The monoisotopic (exact) mass is 500 g/mol. The molecular formula is C28H25FN4O4. The number of carbonyl (C=O) groups is 2. The van der Waals surface area contributed by atoms with Crippen molar-refractivity contribution < 1.29 is 23.8 Å². The van der Waals surface area contributed by atoms with E-state index >= 15 is 0 Å². The van der Waals surface area contributed by atoms with E-state index in [2.05, 4.69) is 15.6 Å². The molecule has 1 aromatic heterocycles. The van der Waals surface area contributed by atoms with Gasteiger partial charge in [0, 0.05) is 0 Å². The van der Waals surface area contributed by atoms with Crippen molar-refractivity contribution in [2.24, 2.45) is 0 Å². The Balaban J connectivity index is 1.30. The Hall–Kier alpha value is -4.53. The summed E-state index contributed by atoms with van der Waals surface area (Å²) in [6, 6.07) is 21.0. The van der Waals surface area contributed by atoms with Gasteiger partial charge in [-0.3, -0.25) is 10.1 Å². The normalized spacial score (nSPS) is 14.6. The zero-order valence-corrected chi connectivity index (χ0v) is 20.3. The predicted molar refractivity (Wildman–Crippen MR) is 135 cm³/mol. The Bertz CT molecular complexity index is 1460. The first-order valence-corrected chi connectivity index (χ1v) is 11.9. The van der Waals surface area contributed by atoms with Crippen molar-refractivity contribution in [3.05, 3.63) is 95.4 Å². The first-order chi connectivity index (χ1) is 17.8. The van der Waals surface area contributed by atoms with E-state index in [1.165, 1.54) is 16.8 Å². The highest BCUT2D eigenvalue weighted by atomic mass is 19.1. The average Bonchev–Trinajstić information content (AvgIpc) is 3.64. The minimum atomic E-state index is -0.774. The minimum absolute atomic E-state index is 0.358. The number of aryl methyl sites for hydroxylation is 1. The van der Waals surface area contributed by atoms with Crippen LogP contribution in [-0.2, 0) is 14.9 Å². The summed E-state index contributed by atoms with van der Waals surface area (Å²) < 4.78 is 20.4. The number of amides is 1. The molecule has 37 heavy (non-hydrogen) atoms. The number of carboxylic acid groups (broad SMARTS) is 1. The number of halogens is 1. The van der Waals surface area contributed by atoms with E-state index in [1.807, 2.05) is 48.5 Å². The zero-order valence-electron chi connectivity index (χ0n) is 20.3. The first-order valence-electron chi connectivity index (χ1n) is 11.9. The zero-order chi connectivity index (χ0) is 26.2. The molecule has 0 radical (unpaired) electrons. The number of carbonyl (C=O) groups excluding carboxylic acids is 1. The molecule has 1 amide bonds. The molecule has 1 heterocycles. The number of ether oxygens (including phenoxy) is 1. The van der Waals surface area contributed by atoms with Crippen molar-refractivity contribution in [2.75, 3.05) is 5.32 Å². The Kier molecular flexibility index (Phi) is 6.20. The fourth-order valence-electron chi connectivity index (χ4n) is 4.32. The molecule has 1 fully saturated rings. The lowest BCUT2D eigenvalue weighted by molar-refractivity contribution is -0.140. The van der Waals surface area contributed by atoms with Crippen LogP contribution in [0.4, 0.5) is 15.0 Å². The third-order valence-corrected chi connectivity index (χ3v) is 6.70. The Morgan fingerprint density at radius 3 is 2.30 bits per heavy atom. The molecule has 3 aromatic carbocycles. The van der Waals surface area contributed by atoms with Gasteiger partial charge in [-0.1, -0.05) is 53.7 Å². The number of benzene rings is 3. The molecule has 4 aromatic rings. The molecule has 1 aliphatic rings. The highest BCUT2D eigenvalue weighted by Crippen LogP contribution is 2.48. The SMILES string of the molecule is Cc1nnn(-c2ccc(-c3ccc(C4(C(=O)O)CC4)cc3)cc2)c1NC(=O)OC(C)c1cccc(F)c1. The lowest BCUT2D eigenvalue weighted by Crippen LogP contribution is -2.19. The van der Waals surface area contributed by atoms with Crippen LogP contribution in [0.15, 0.2) is 72.8 Å². The van der Waals surface area contributed by atoms with Crippen molar-refractivity contribution in [2.45, 2.75) is 38.2 Å². The number of nitrogens with zero attached hydrogens (tertiary/aromatic N) is 3. The van der Waals surface area contributed by atoms with Gasteiger partial charge in [0.15, 0.2) is 5.82 Å². The fraction of sp³-hybridized carbons (Fsp3) is 0.214. The summed E-state index contributed by atoms with van der Waals surface area (Å²) in [5.74, 6) is -0.820. The molecule has 9 heteroatoms. The third kappa shape index (κ3) is 4.80. The summed E-state index contributed by atoms with van der Waals surface area (Å²) in [5, 5.41) is 20.4. The molecule has 1 aliphatic carbocycles. The summed E-state index contributed by atoms with van der Waals surface area (Å²) >= 11 is 0. The van der Waals surface area contributed by atoms with Gasteiger partial charge in [-0.15, -0.1) is 5.10 Å². The topological polar surface area (TPSA) is 106 Å². The lowest BCUT2D eigenvalue weighted by atomic mass is 9.94. The van der Waals surface area contributed by atoms with Gasteiger partial charge < -0.3 is 9.84 Å². The standard InChI is InChI=1S/C28H25FN4O4/c1-17-25(30-27(36)37-18(2)21-4-3-5-23(29)16-21)33(32-31-17)24-12-8-20(9-13-24)19-6-10-22(11-7-19)28(14-15-28)26(34)35/h3-13,16,18H,14-15H2,1-2H3,(H,30,36)(H,34,35).